The molecule has 104 valence electrons. The average molecular weight is 282 g/mol. The molecule has 1 aromatic carbocycles. The van der Waals surface area contributed by atoms with Gasteiger partial charge in [-0.1, -0.05) is 17.7 Å². The predicted molar refractivity (Wildman–Crippen MR) is 72.2 cm³/mol. The zero-order valence-corrected chi connectivity index (χ0v) is 11.7. The average Bonchev–Trinajstić information content (AvgIpc) is 2.40. The second-order valence-corrected chi connectivity index (χ2v) is 5.88. The maximum atomic E-state index is 10.5. The molecule has 5 nitrogen and oxygen atoms in total. The molecule has 0 amide bonds. The molecular formula is C13H18N2O3S. The van der Waals surface area contributed by atoms with E-state index in [1.165, 1.54) is 12.1 Å². The van der Waals surface area contributed by atoms with Gasteiger partial charge in [-0.3, -0.25) is 4.55 Å². The van der Waals surface area contributed by atoms with E-state index in [4.69, 9.17) is 9.81 Å². The van der Waals surface area contributed by atoms with Crippen molar-refractivity contribution in [1.29, 1.82) is 5.26 Å². The quantitative estimate of drug-likeness (QED) is 0.766. The summed E-state index contributed by atoms with van der Waals surface area (Å²) < 4.78 is 29.6. The number of benzene rings is 1. The van der Waals surface area contributed by atoms with E-state index in [2.05, 4.69) is 11.4 Å². The molecule has 0 bridgehead atoms. The Bertz CT molecular complexity index is 526. The first-order valence-electron chi connectivity index (χ1n) is 6.08. The Morgan fingerprint density at radius 1 is 1.37 bits per heavy atom. The van der Waals surface area contributed by atoms with Crippen molar-refractivity contribution < 1.29 is 13.0 Å². The Morgan fingerprint density at radius 2 is 2.00 bits per heavy atom. The summed E-state index contributed by atoms with van der Waals surface area (Å²) in [6.45, 7) is 3.84. The highest BCUT2D eigenvalue weighted by Crippen LogP contribution is 2.08. The van der Waals surface area contributed by atoms with E-state index in [0.717, 1.165) is 31.5 Å². The first kappa shape index (κ1) is 15.6. The molecule has 1 atom stereocenters. The van der Waals surface area contributed by atoms with Crippen LogP contribution in [0.4, 0.5) is 0 Å². The molecule has 2 rings (SSSR count). The third-order valence-corrected chi connectivity index (χ3v) is 3.67. The van der Waals surface area contributed by atoms with Crippen LogP contribution in [0.1, 0.15) is 18.4 Å². The van der Waals surface area contributed by atoms with E-state index in [-0.39, 0.29) is 10.8 Å². The van der Waals surface area contributed by atoms with Gasteiger partial charge in [-0.2, -0.15) is 13.7 Å². The van der Waals surface area contributed by atoms with Crippen LogP contribution in [0.3, 0.4) is 0 Å². The van der Waals surface area contributed by atoms with E-state index in [1.54, 1.807) is 12.1 Å². The molecule has 0 saturated carbocycles. The lowest BCUT2D eigenvalue weighted by atomic mass is 10.0. The molecule has 1 aromatic rings. The molecular weight excluding hydrogens is 264 g/mol. The van der Waals surface area contributed by atoms with Crippen LogP contribution in [0.25, 0.3) is 0 Å². The van der Waals surface area contributed by atoms with E-state index >= 15 is 0 Å². The van der Waals surface area contributed by atoms with Gasteiger partial charge in [0.1, 0.15) is 0 Å². The largest absolute Gasteiger partial charge is 0.315 e. The zero-order chi connectivity index (χ0) is 14.3. The van der Waals surface area contributed by atoms with Gasteiger partial charge in [0, 0.05) is 6.54 Å². The summed E-state index contributed by atoms with van der Waals surface area (Å²) in [5.41, 5.74) is 0.956. The van der Waals surface area contributed by atoms with Crippen molar-refractivity contribution in [3.05, 3.63) is 29.8 Å². The van der Waals surface area contributed by atoms with Crippen molar-refractivity contribution in [3.63, 3.8) is 0 Å². The molecule has 19 heavy (non-hydrogen) atoms. The SMILES string of the molecule is Cc1ccc(S(=O)(=O)O)cc1.N#CC1CCCNC1. The summed E-state index contributed by atoms with van der Waals surface area (Å²) >= 11 is 0. The molecule has 6 heteroatoms. The number of piperidine rings is 1. The summed E-state index contributed by atoms with van der Waals surface area (Å²) in [5, 5.41) is 11.6. The Hall–Kier alpha value is -1.42. The predicted octanol–water partition coefficient (Wildman–Crippen LogP) is 1.75. The molecule has 0 aliphatic carbocycles. The van der Waals surface area contributed by atoms with Crippen LogP contribution < -0.4 is 5.32 Å². The van der Waals surface area contributed by atoms with Crippen molar-refractivity contribution in [2.24, 2.45) is 5.92 Å². The summed E-state index contributed by atoms with van der Waals surface area (Å²) in [6, 6.07) is 8.23. The van der Waals surface area contributed by atoms with E-state index in [0.29, 0.717) is 0 Å². The molecule has 1 unspecified atom stereocenters. The first-order valence-corrected chi connectivity index (χ1v) is 7.52. The number of nitriles is 1. The monoisotopic (exact) mass is 282 g/mol. The normalized spacial score (nSPS) is 18.9. The molecule has 1 fully saturated rings. The third-order valence-electron chi connectivity index (χ3n) is 2.80. The lowest BCUT2D eigenvalue weighted by Gasteiger charge is -2.15. The van der Waals surface area contributed by atoms with Crippen LogP contribution in [0.2, 0.25) is 0 Å². The number of nitrogens with one attached hydrogen (secondary N) is 1. The van der Waals surface area contributed by atoms with Gasteiger partial charge >= 0.3 is 0 Å². The fourth-order valence-corrected chi connectivity index (χ4v) is 2.15. The van der Waals surface area contributed by atoms with Gasteiger partial charge in [-0.25, -0.2) is 0 Å². The van der Waals surface area contributed by atoms with Gasteiger partial charge in [0.05, 0.1) is 16.9 Å². The highest BCUT2D eigenvalue weighted by molar-refractivity contribution is 7.85. The van der Waals surface area contributed by atoms with E-state index in [1.807, 2.05) is 6.92 Å². The minimum atomic E-state index is -4.02. The van der Waals surface area contributed by atoms with Crippen molar-refractivity contribution in [2.45, 2.75) is 24.7 Å². The zero-order valence-electron chi connectivity index (χ0n) is 10.8. The van der Waals surface area contributed by atoms with Crippen LogP contribution in [0.15, 0.2) is 29.2 Å². The Balaban J connectivity index is 0.000000200. The molecule has 0 spiro atoms. The molecule has 1 heterocycles. The van der Waals surface area contributed by atoms with Crippen LogP contribution in [-0.2, 0) is 10.1 Å². The van der Waals surface area contributed by atoms with E-state index in [9.17, 15) is 8.42 Å². The van der Waals surface area contributed by atoms with Gasteiger partial charge in [0.15, 0.2) is 0 Å². The van der Waals surface area contributed by atoms with Crippen molar-refractivity contribution in [1.82, 2.24) is 5.32 Å². The summed E-state index contributed by atoms with van der Waals surface area (Å²) in [7, 11) is -4.02. The van der Waals surface area contributed by atoms with Crippen LogP contribution >= 0.6 is 0 Å². The van der Waals surface area contributed by atoms with Crippen LogP contribution in [0.5, 0.6) is 0 Å². The second-order valence-electron chi connectivity index (χ2n) is 4.46. The summed E-state index contributed by atoms with van der Waals surface area (Å²) in [6.07, 6.45) is 2.25. The van der Waals surface area contributed by atoms with Gasteiger partial charge in [0.25, 0.3) is 10.1 Å². The van der Waals surface area contributed by atoms with Gasteiger partial charge in [-0.15, -0.1) is 0 Å². The number of hydrogen-bond donors (Lipinski definition) is 2. The maximum Gasteiger partial charge on any atom is 0.294 e. The molecule has 2 N–H and O–H groups in total. The standard InChI is InChI=1S/C7H8O3S.C6H10N2/c1-6-2-4-7(5-3-6)11(8,9)10;7-4-6-2-1-3-8-5-6/h2-5H,1H3,(H,8,9,10);6,8H,1-3,5H2. The summed E-state index contributed by atoms with van der Waals surface area (Å²) in [5.74, 6) is 0.281. The van der Waals surface area contributed by atoms with Crippen molar-refractivity contribution >= 4 is 10.1 Å². The van der Waals surface area contributed by atoms with Crippen LogP contribution in [0, 0.1) is 24.2 Å². The molecule has 1 saturated heterocycles. The topological polar surface area (TPSA) is 90.2 Å². The van der Waals surface area contributed by atoms with Crippen molar-refractivity contribution in [2.75, 3.05) is 13.1 Å². The highest BCUT2D eigenvalue weighted by atomic mass is 32.2. The number of aryl methyl sites for hydroxylation is 1. The number of nitrogens with zero attached hydrogens (tertiary/aromatic N) is 1. The molecule has 0 aromatic heterocycles. The number of hydrogen-bond acceptors (Lipinski definition) is 4. The van der Waals surface area contributed by atoms with E-state index < -0.39 is 10.1 Å². The number of rotatable bonds is 1. The minimum Gasteiger partial charge on any atom is -0.315 e. The molecule has 1 aliphatic heterocycles. The smallest absolute Gasteiger partial charge is 0.294 e. The second kappa shape index (κ2) is 7.24. The lowest BCUT2D eigenvalue weighted by Crippen LogP contribution is -2.28. The summed E-state index contributed by atoms with van der Waals surface area (Å²) in [4.78, 5) is -0.0666. The minimum absolute atomic E-state index is 0.0666. The van der Waals surface area contributed by atoms with Gasteiger partial charge in [-0.05, 0) is 38.4 Å². The Morgan fingerprint density at radius 3 is 2.37 bits per heavy atom. The van der Waals surface area contributed by atoms with Crippen molar-refractivity contribution in [3.8, 4) is 6.07 Å². The fourth-order valence-electron chi connectivity index (χ4n) is 1.67. The van der Waals surface area contributed by atoms with Gasteiger partial charge < -0.3 is 5.32 Å². The maximum absolute atomic E-state index is 10.5. The molecule has 0 radical (unpaired) electrons. The Labute approximate surface area is 114 Å². The third kappa shape index (κ3) is 5.83. The fraction of sp³-hybridized carbons (Fsp3) is 0.462. The lowest BCUT2D eigenvalue weighted by molar-refractivity contribution is 0.446. The van der Waals surface area contributed by atoms with Crippen LogP contribution in [-0.4, -0.2) is 26.1 Å². The Kier molecular flexibility index (Phi) is 5.96. The highest BCUT2D eigenvalue weighted by Gasteiger charge is 2.10. The van der Waals surface area contributed by atoms with Gasteiger partial charge in [0.2, 0.25) is 0 Å². The molecule has 1 aliphatic rings. The first-order chi connectivity index (χ1) is 8.93.